The standard InChI is InChI=1S/C18H24N6O2/c1-5-12(17-19-13-8-7-11(3)9-14(13)20-17)21-18(25)24(4)10-16-23-22-15(6-2)26-16/h7-9,12H,5-6,10H2,1-4H3,(H,19,20)(H,21,25)/t12-/m1/s1. The van der Waals surface area contributed by atoms with Crippen LogP contribution in [-0.2, 0) is 13.0 Å². The Hall–Kier alpha value is -2.90. The molecule has 2 heterocycles. The van der Waals surface area contributed by atoms with Gasteiger partial charge in [-0.2, -0.15) is 0 Å². The van der Waals surface area contributed by atoms with E-state index in [1.54, 1.807) is 7.05 Å². The Labute approximate surface area is 152 Å². The minimum atomic E-state index is -0.218. The Morgan fingerprint density at radius 3 is 2.77 bits per heavy atom. The third-order valence-electron chi connectivity index (χ3n) is 4.22. The predicted molar refractivity (Wildman–Crippen MR) is 97.5 cm³/mol. The topological polar surface area (TPSA) is 99.9 Å². The van der Waals surface area contributed by atoms with Gasteiger partial charge in [0.2, 0.25) is 11.8 Å². The molecule has 0 aliphatic carbocycles. The van der Waals surface area contributed by atoms with Crippen molar-refractivity contribution in [2.24, 2.45) is 0 Å². The summed E-state index contributed by atoms with van der Waals surface area (Å²) in [4.78, 5) is 21.9. The number of H-pyrrole nitrogens is 1. The van der Waals surface area contributed by atoms with Crippen LogP contribution in [0.1, 0.15) is 49.5 Å². The molecule has 0 spiro atoms. The molecule has 0 saturated heterocycles. The second kappa shape index (κ2) is 7.55. The van der Waals surface area contributed by atoms with E-state index >= 15 is 0 Å². The first-order valence-corrected chi connectivity index (χ1v) is 8.79. The van der Waals surface area contributed by atoms with Gasteiger partial charge in [0.05, 0.1) is 17.1 Å². The van der Waals surface area contributed by atoms with Crippen molar-refractivity contribution >= 4 is 17.1 Å². The molecule has 1 aromatic carbocycles. The monoisotopic (exact) mass is 356 g/mol. The molecule has 0 bridgehead atoms. The highest BCUT2D eigenvalue weighted by Gasteiger charge is 2.20. The Morgan fingerprint density at radius 1 is 1.31 bits per heavy atom. The second-order valence-electron chi connectivity index (χ2n) is 6.35. The van der Waals surface area contributed by atoms with E-state index in [0.717, 1.165) is 28.8 Å². The maximum Gasteiger partial charge on any atom is 0.318 e. The van der Waals surface area contributed by atoms with E-state index in [1.807, 2.05) is 39.0 Å². The van der Waals surface area contributed by atoms with Crippen molar-refractivity contribution in [1.29, 1.82) is 0 Å². The third-order valence-corrected chi connectivity index (χ3v) is 4.22. The first-order valence-electron chi connectivity index (χ1n) is 8.79. The normalized spacial score (nSPS) is 12.3. The summed E-state index contributed by atoms with van der Waals surface area (Å²) < 4.78 is 5.46. The molecule has 3 aromatic rings. The van der Waals surface area contributed by atoms with Gasteiger partial charge in [-0.25, -0.2) is 9.78 Å². The fraction of sp³-hybridized carbons (Fsp3) is 0.444. The molecule has 26 heavy (non-hydrogen) atoms. The van der Waals surface area contributed by atoms with Gasteiger partial charge in [0.15, 0.2) is 0 Å². The van der Waals surface area contributed by atoms with Crippen molar-refractivity contribution in [3.63, 3.8) is 0 Å². The fourth-order valence-corrected chi connectivity index (χ4v) is 2.70. The van der Waals surface area contributed by atoms with Crippen LogP contribution in [0.4, 0.5) is 4.79 Å². The van der Waals surface area contributed by atoms with Gasteiger partial charge in [0, 0.05) is 13.5 Å². The number of fused-ring (bicyclic) bond motifs is 1. The molecule has 0 saturated carbocycles. The third kappa shape index (κ3) is 3.84. The van der Waals surface area contributed by atoms with Gasteiger partial charge >= 0.3 is 6.03 Å². The van der Waals surface area contributed by atoms with Crippen LogP contribution in [0.15, 0.2) is 22.6 Å². The Kier molecular flexibility index (Phi) is 5.20. The number of aromatic amines is 1. The molecule has 138 valence electrons. The van der Waals surface area contributed by atoms with E-state index in [0.29, 0.717) is 18.2 Å². The summed E-state index contributed by atoms with van der Waals surface area (Å²) in [6.07, 6.45) is 1.39. The van der Waals surface area contributed by atoms with Crippen molar-refractivity contribution in [3.05, 3.63) is 41.4 Å². The van der Waals surface area contributed by atoms with E-state index in [4.69, 9.17) is 4.42 Å². The van der Waals surface area contributed by atoms with Gasteiger partial charge in [0.1, 0.15) is 12.4 Å². The first-order chi connectivity index (χ1) is 12.5. The Morgan fingerprint density at radius 2 is 2.08 bits per heavy atom. The number of aromatic nitrogens is 4. The number of nitrogens with zero attached hydrogens (tertiary/aromatic N) is 4. The lowest BCUT2D eigenvalue weighted by atomic mass is 10.2. The zero-order valence-electron chi connectivity index (χ0n) is 15.5. The molecule has 2 amide bonds. The number of hydrogen-bond donors (Lipinski definition) is 2. The molecule has 0 unspecified atom stereocenters. The summed E-state index contributed by atoms with van der Waals surface area (Å²) in [6, 6.07) is 5.63. The summed E-state index contributed by atoms with van der Waals surface area (Å²) in [7, 11) is 1.69. The van der Waals surface area contributed by atoms with Crippen LogP contribution in [0.25, 0.3) is 11.0 Å². The predicted octanol–water partition coefficient (Wildman–Crippen LogP) is 3.11. The highest BCUT2D eigenvalue weighted by atomic mass is 16.4. The van der Waals surface area contributed by atoms with Gasteiger partial charge in [0.25, 0.3) is 0 Å². The maximum absolute atomic E-state index is 12.5. The zero-order chi connectivity index (χ0) is 18.7. The second-order valence-corrected chi connectivity index (χ2v) is 6.35. The van der Waals surface area contributed by atoms with Gasteiger partial charge in [-0.05, 0) is 31.0 Å². The summed E-state index contributed by atoms with van der Waals surface area (Å²) in [5.74, 6) is 1.74. The van der Waals surface area contributed by atoms with Crippen molar-refractivity contribution in [3.8, 4) is 0 Å². The number of amides is 2. The quantitative estimate of drug-likeness (QED) is 0.707. The zero-order valence-corrected chi connectivity index (χ0v) is 15.5. The summed E-state index contributed by atoms with van der Waals surface area (Å²) in [6.45, 7) is 6.24. The van der Waals surface area contributed by atoms with Crippen molar-refractivity contribution in [1.82, 2.24) is 30.4 Å². The van der Waals surface area contributed by atoms with Crippen molar-refractivity contribution in [2.75, 3.05) is 7.05 Å². The lowest BCUT2D eigenvalue weighted by Gasteiger charge is -2.20. The number of rotatable bonds is 6. The molecular weight excluding hydrogens is 332 g/mol. The Balaban J connectivity index is 1.68. The maximum atomic E-state index is 12.5. The number of carbonyl (C=O) groups excluding carboxylic acids is 1. The van der Waals surface area contributed by atoms with Crippen LogP contribution in [-0.4, -0.2) is 38.1 Å². The molecule has 2 N–H and O–H groups in total. The van der Waals surface area contributed by atoms with Crippen LogP contribution in [0.3, 0.4) is 0 Å². The van der Waals surface area contributed by atoms with Gasteiger partial charge in [-0.3, -0.25) is 0 Å². The highest BCUT2D eigenvalue weighted by molar-refractivity contribution is 5.77. The molecule has 3 rings (SSSR count). The molecule has 0 fully saturated rings. The molecule has 8 heteroatoms. The number of imidazole rings is 1. The summed E-state index contributed by atoms with van der Waals surface area (Å²) in [5.41, 5.74) is 3.03. The number of nitrogens with one attached hydrogen (secondary N) is 2. The number of aryl methyl sites for hydroxylation is 2. The Bertz CT molecular complexity index is 900. The van der Waals surface area contributed by atoms with Gasteiger partial charge in [-0.1, -0.05) is 19.9 Å². The van der Waals surface area contributed by atoms with E-state index in [1.165, 1.54) is 4.90 Å². The largest absolute Gasteiger partial charge is 0.423 e. The molecule has 2 aromatic heterocycles. The lowest BCUT2D eigenvalue weighted by molar-refractivity contribution is 0.196. The minimum absolute atomic E-state index is 0.202. The van der Waals surface area contributed by atoms with Crippen LogP contribution >= 0.6 is 0 Å². The minimum Gasteiger partial charge on any atom is -0.423 e. The van der Waals surface area contributed by atoms with E-state index < -0.39 is 0 Å². The molecule has 1 atom stereocenters. The molecule has 0 radical (unpaired) electrons. The fourth-order valence-electron chi connectivity index (χ4n) is 2.70. The van der Waals surface area contributed by atoms with Crippen molar-refractivity contribution in [2.45, 2.75) is 46.2 Å². The lowest BCUT2D eigenvalue weighted by Crippen LogP contribution is -2.39. The van der Waals surface area contributed by atoms with Gasteiger partial charge in [-0.15, -0.1) is 10.2 Å². The van der Waals surface area contributed by atoms with E-state index in [-0.39, 0.29) is 18.6 Å². The smallest absolute Gasteiger partial charge is 0.318 e. The summed E-state index contributed by atoms with van der Waals surface area (Å²) in [5, 5.41) is 10.9. The number of carbonyl (C=O) groups is 1. The van der Waals surface area contributed by atoms with Crippen LogP contribution in [0.5, 0.6) is 0 Å². The number of urea groups is 1. The van der Waals surface area contributed by atoms with E-state index in [2.05, 4.69) is 25.5 Å². The van der Waals surface area contributed by atoms with Gasteiger partial charge < -0.3 is 19.6 Å². The molecule has 0 aliphatic heterocycles. The van der Waals surface area contributed by atoms with Crippen molar-refractivity contribution < 1.29 is 9.21 Å². The molecular formula is C18H24N6O2. The highest BCUT2D eigenvalue weighted by Crippen LogP contribution is 2.19. The van der Waals surface area contributed by atoms with E-state index in [9.17, 15) is 4.79 Å². The molecule has 8 nitrogen and oxygen atoms in total. The first kappa shape index (κ1) is 17.9. The van der Waals surface area contributed by atoms with Crippen LogP contribution in [0, 0.1) is 6.92 Å². The SMILES string of the molecule is CCc1nnc(CN(C)C(=O)N[C@H](CC)c2nc3ccc(C)cc3[nH]2)o1. The van der Waals surface area contributed by atoms with Crippen LogP contribution < -0.4 is 5.32 Å². The average Bonchev–Trinajstić information content (AvgIpc) is 3.25. The molecule has 0 aliphatic rings. The van der Waals surface area contributed by atoms with Crippen LogP contribution in [0.2, 0.25) is 0 Å². The number of hydrogen-bond acceptors (Lipinski definition) is 5. The average molecular weight is 356 g/mol. The summed E-state index contributed by atoms with van der Waals surface area (Å²) >= 11 is 0. The number of benzene rings is 1.